The molecule has 2 rings (SSSR count). The minimum absolute atomic E-state index is 0.00600. The third kappa shape index (κ3) is 2.52. The van der Waals surface area contributed by atoms with E-state index in [1.165, 1.54) is 0 Å². The van der Waals surface area contributed by atoms with Gasteiger partial charge in [0.05, 0.1) is 16.8 Å². The zero-order chi connectivity index (χ0) is 13.5. The fourth-order valence-electron chi connectivity index (χ4n) is 2.13. The van der Waals surface area contributed by atoms with Gasteiger partial charge in [-0.15, -0.1) is 0 Å². The maximum absolute atomic E-state index is 11.3. The molecule has 0 spiro atoms. The molecular formula is C14H18ClNO2. The molecule has 1 heterocycles. The number of aryl methyl sites for hydroxylation is 1. The van der Waals surface area contributed by atoms with Crippen molar-refractivity contribution in [3.63, 3.8) is 0 Å². The molecule has 3 nitrogen and oxygen atoms in total. The van der Waals surface area contributed by atoms with E-state index in [0.29, 0.717) is 23.6 Å². The summed E-state index contributed by atoms with van der Waals surface area (Å²) in [6.07, 6.45) is 0.571. The lowest BCUT2D eigenvalue weighted by molar-refractivity contribution is -0.116. The predicted molar refractivity (Wildman–Crippen MR) is 72.8 cm³/mol. The summed E-state index contributed by atoms with van der Waals surface area (Å²) in [6.45, 7) is 5.94. The highest BCUT2D eigenvalue weighted by molar-refractivity contribution is 6.34. The van der Waals surface area contributed by atoms with E-state index in [1.807, 2.05) is 26.8 Å². The molecule has 0 aliphatic carbocycles. The second-order valence-electron chi connectivity index (χ2n) is 5.85. The molecule has 0 fully saturated rings. The van der Waals surface area contributed by atoms with Gasteiger partial charge in [0.1, 0.15) is 0 Å². The van der Waals surface area contributed by atoms with Crippen molar-refractivity contribution in [3.05, 3.63) is 28.3 Å². The first-order chi connectivity index (χ1) is 8.29. The zero-order valence-electron chi connectivity index (χ0n) is 10.9. The summed E-state index contributed by atoms with van der Waals surface area (Å²) < 4.78 is 0. The Morgan fingerprint density at radius 2 is 2.00 bits per heavy atom. The number of amides is 1. The molecule has 98 valence electrons. The number of hydrogen-bond donors (Lipinski definition) is 2. The van der Waals surface area contributed by atoms with Crippen molar-refractivity contribution >= 4 is 23.2 Å². The third-order valence-electron chi connectivity index (χ3n) is 3.22. The number of hydrogen-bond acceptors (Lipinski definition) is 2. The molecular weight excluding hydrogens is 250 g/mol. The van der Waals surface area contributed by atoms with E-state index >= 15 is 0 Å². The number of aliphatic hydroxyl groups excluding tert-OH is 1. The van der Waals surface area contributed by atoms with Gasteiger partial charge in [-0.1, -0.05) is 38.4 Å². The Labute approximate surface area is 112 Å². The van der Waals surface area contributed by atoms with Crippen molar-refractivity contribution in [2.24, 2.45) is 5.41 Å². The van der Waals surface area contributed by atoms with Gasteiger partial charge < -0.3 is 10.4 Å². The smallest absolute Gasteiger partial charge is 0.224 e. The normalized spacial score (nSPS) is 17.1. The highest BCUT2D eigenvalue weighted by Crippen LogP contribution is 2.38. The van der Waals surface area contributed by atoms with E-state index in [9.17, 15) is 9.90 Å². The van der Waals surface area contributed by atoms with Crippen LogP contribution in [0.3, 0.4) is 0 Å². The number of anilines is 1. The Kier molecular flexibility index (Phi) is 3.39. The molecule has 0 saturated heterocycles. The summed E-state index contributed by atoms with van der Waals surface area (Å²) in [4.78, 5) is 11.3. The van der Waals surface area contributed by atoms with E-state index < -0.39 is 6.10 Å². The molecule has 4 heteroatoms. The molecule has 1 aromatic carbocycles. The fourth-order valence-corrected chi connectivity index (χ4v) is 2.43. The average molecular weight is 268 g/mol. The van der Waals surface area contributed by atoms with Crippen molar-refractivity contribution in [2.75, 3.05) is 5.32 Å². The maximum atomic E-state index is 11.3. The molecule has 1 unspecified atom stereocenters. The van der Waals surface area contributed by atoms with Crippen LogP contribution in [0.4, 0.5) is 5.69 Å². The molecule has 1 amide bonds. The minimum Gasteiger partial charge on any atom is -0.388 e. The summed E-state index contributed by atoms with van der Waals surface area (Å²) in [5.74, 6) is -0.00600. The lowest BCUT2D eigenvalue weighted by atomic mass is 9.83. The number of fused-ring (bicyclic) bond motifs is 1. The summed E-state index contributed by atoms with van der Waals surface area (Å²) in [6, 6.07) is 3.68. The van der Waals surface area contributed by atoms with Crippen LogP contribution in [0.25, 0.3) is 0 Å². The minimum atomic E-state index is -0.571. The largest absolute Gasteiger partial charge is 0.388 e. The SMILES string of the molecule is CC(C)(C)C(O)c1cc(Cl)c2c(c1)CCC(=O)N2. The van der Waals surface area contributed by atoms with Gasteiger partial charge in [-0.3, -0.25) is 4.79 Å². The predicted octanol–water partition coefficient (Wildman–Crippen LogP) is 3.30. The van der Waals surface area contributed by atoms with Crippen LogP contribution in [0.1, 0.15) is 44.4 Å². The van der Waals surface area contributed by atoms with Crippen LogP contribution in [-0.2, 0) is 11.2 Å². The number of benzene rings is 1. The van der Waals surface area contributed by atoms with Crippen LogP contribution in [0.2, 0.25) is 5.02 Å². The molecule has 1 aliphatic heterocycles. The van der Waals surface area contributed by atoms with Crippen molar-refractivity contribution < 1.29 is 9.90 Å². The Balaban J connectivity index is 2.42. The lowest BCUT2D eigenvalue weighted by Crippen LogP contribution is -2.21. The fraction of sp³-hybridized carbons (Fsp3) is 0.500. The van der Waals surface area contributed by atoms with Gasteiger partial charge >= 0.3 is 0 Å². The van der Waals surface area contributed by atoms with E-state index in [4.69, 9.17) is 11.6 Å². The van der Waals surface area contributed by atoms with Gasteiger partial charge in [-0.2, -0.15) is 0 Å². The number of nitrogens with one attached hydrogen (secondary N) is 1. The molecule has 0 radical (unpaired) electrons. The van der Waals surface area contributed by atoms with Crippen molar-refractivity contribution in [2.45, 2.75) is 39.7 Å². The molecule has 2 N–H and O–H groups in total. The third-order valence-corrected chi connectivity index (χ3v) is 3.51. The molecule has 0 saturated carbocycles. The van der Waals surface area contributed by atoms with Crippen molar-refractivity contribution in [1.29, 1.82) is 0 Å². The van der Waals surface area contributed by atoms with E-state index in [0.717, 1.165) is 11.1 Å². The number of halogens is 1. The van der Waals surface area contributed by atoms with Crippen LogP contribution in [0.5, 0.6) is 0 Å². The first-order valence-corrected chi connectivity index (χ1v) is 6.47. The first kappa shape index (κ1) is 13.4. The molecule has 1 atom stereocenters. The lowest BCUT2D eigenvalue weighted by Gasteiger charge is -2.28. The monoisotopic (exact) mass is 267 g/mol. The second-order valence-corrected chi connectivity index (χ2v) is 6.26. The standard InChI is InChI=1S/C14H18ClNO2/c1-14(2,3)13(18)9-6-8-4-5-11(17)16-12(8)10(15)7-9/h6-7,13,18H,4-5H2,1-3H3,(H,16,17). The van der Waals surface area contributed by atoms with Crippen LogP contribution in [-0.4, -0.2) is 11.0 Å². The van der Waals surface area contributed by atoms with Gasteiger partial charge in [0.25, 0.3) is 0 Å². The first-order valence-electron chi connectivity index (χ1n) is 6.09. The van der Waals surface area contributed by atoms with Gasteiger partial charge in [0, 0.05) is 6.42 Å². The van der Waals surface area contributed by atoms with Crippen LogP contribution >= 0.6 is 11.6 Å². The summed E-state index contributed by atoms with van der Waals surface area (Å²) >= 11 is 6.18. The Bertz CT molecular complexity index is 491. The molecule has 18 heavy (non-hydrogen) atoms. The number of rotatable bonds is 1. The van der Waals surface area contributed by atoms with Gasteiger partial charge in [0.2, 0.25) is 5.91 Å². The molecule has 1 aromatic rings. The Morgan fingerprint density at radius 3 is 2.61 bits per heavy atom. The number of aliphatic hydroxyl groups is 1. The van der Waals surface area contributed by atoms with Gasteiger partial charge in [-0.25, -0.2) is 0 Å². The maximum Gasteiger partial charge on any atom is 0.224 e. The highest BCUT2D eigenvalue weighted by Gasteiger charge is 2.26. The van der Waals surface area contributed by atoms with E-state index in [2.05, 4.69) is 5.32 Å². The van der Waals surface area contributed by atoms with Crippen molar-refractivity contribution in [3.8, 4) is 0 Å². The van der Waals surface area contributed by atoms with Crippen LogP contribution < -0.4 is 5.32 Å². The Hall–Kier alpha value is -1.06. The van der Waals surface area contributed by atoms with Crippen LogP contribution in [0, 0.1) is 5.41 Å². The summed E-state index contributed by atoms with van der Waals surface area (Å²) in [5.41, 5.74) is 2.26. The Morgan fingerprint density at radius 1 is 1.33 bits per heavy atom. The average Bonchev–Trinajstić information content (AvgIpc) is 2.27. The summed E-state index contributed by atoms with van der Waals surface area (Å²) in [7, 11) is 0. The van der Waals surface area contributed by atoms with Crippen molar-refractivity contribution in [1.82, 2.24) is 0 Å². The van der Waals surface area contributed by atoms with E-state index in [-0.39, 0.29) is 11.3 Å². The van der Waals surface area contributed by atoms with Gasteiger partial charge in [0.15, 0.2) is 0 Å². The number of carbonyl (C=O) groups is 1. The summed E-state index contributed by atoms with van der Waals surface area (Å²) in [5, 5.41) is 13.6. The van der Waals surface area contributed by atoms with Crippen LogP contribution in [0.15, 0.2) is 12.1 Å². The van der Waals surface area contributed by atoms with Gasteiger partial charge in [-0.05, 0) is 29.0 Å². The quantitative estimate of drug-likeness (QED) is 0.820. The molecule has 0 bridgehead atoms. The van der Waals surface area contributed by atoms with E-state index in [1.54, 1.807) is 6.07 Å². The molecule has 0 aromatic heterocycles. The second kappa shape index (κ2) is 4.56. The topological polar surface area (TPSA) is 49.3 Å². The zero-order valence-corrected chi connectivity index (χ0v) is 11.6. The highest BCUT2D eigenvalue weighted by atomic mass is 35.5. The molecule has 1 aliphatic rings. The number of carbonyl (C=O) groups excluding carboxylic acids is 1.